The highest BCUT2D eigenvalue weighted by molar-refractivity contribution is 7.81. The molecule has 0 aliphatic carbocycles. The van der Waals surface area contributed by atoms with Gasteiger partial charge in [0.25, 0.3) is 0 Å². The van der Waals surface area contributed by atoms with Crippen molar-refractivity contribution >= 4 is 18.5 Å². The van der Waals surface area contributed by atoms with Gasteiger partial charge in [-0.3, -0.25) is 4.79 Å². The summed E-state index contributed by atoms with van der Waals surface area (Å²) in [5, 5.41) is 2.69. The SMILES string of the molecule is CCCCCCCCCCNC(=O)C(C)S. The third-order valence-electron chi connectivity index (χ3n) is 2.71. The fourth-order valence-corrected chi connectivity index (χ4v) is 1.71. The molecule has 96 valence electrons. The minimum Gasteiger partial charge on any atom is -0.355 e. The lowest BCUT2D eigenvalue weighted by Crippen LogP contribution is -2.30. The monoisotopic (exact) mass is 245 g/mol. The maximum Gasteiger partial charge on any atom is 0.232 e. The lowest BCUT2D eigenvalue weighted by atomic mass is 10.1. The first kappa shape index (κ1) is 15.8. The fourth-order valence-electron chi connectivity index (χ4n) is 1.62. The number of hydrogen-bond donors (Lipinski definition) is 2. The maximum absolute atomic E-state index is 11.2. The first-order chi connectivity index (χ1) is 7.68. The summed E-state index contributed by atoms with van der Waals surface area (Å²) in [5.74, 6) is 0.0475. The summed E-state index contributed by atoms with van der Waals surface area (Å²) in [6.45, 7) is 4.84. The Labute approximate surface area is 106 Å². The van der Waals surface area contributed by atoms with E-state index in [9.17, 15) is 4.79 Å². The molecule has 0 saturated carbocycles. The van der Waals surface area contributed by atoms with Crippen molar-refractivity contribution in [3.8, 4) is 0 Å². The molecule has 0 aromatic heterocycles. The molecule has 0 heterocycles. The molecule has 0 bridgehead atoms. The van der Waals surface area contributed by atoms with E-state index in [-0.39, 0.29) is 11.2 Å². The van der Waals surface area contributed by atoms with E-state index in [1.165, 1.54) is 44.9 Å². The molecule has 0 aliphatic heterocycles. The van der Waals surface area contributed by atoms with Gasteiger partial charge in [-0.1, -0.05) is 51.9 Å². The lowest BCUT2D eigenvalue weighted by Gasteiger charge is -2.06. The van der Waals surface area contributed by atoms with E-state index in [2.05, 4.69) is 24.9 Å². The summed E-state index contributed by atoms with van der Waals surface area (Å²) >= 11 is 4.07. The van der Waals surface area contributed by atoms with Crippen LogP contribution in [-0.4, -0.2) is 17.7 Å². The predicted octanol–water partition coefficient (Wildman–Crippen LogP) is 3.56. The average Bonchev–Trinajstić information content (AvgIpc) is 2.26. The lowest BCUT2D eigenvalue weighted by molar-refractivity contribution is -0.120. The Balaban J connectivity index is 3.07. The van der Waals surface area contributed by atoms with E-state index in [4.69, 9.17) is 0 Å². The zero-order valence-corrected chi connectivity index (χ0v) is 11.7. The molecule has 0 spiro atoms. The van der Waals surface area contributed by atoms with Crippen molar-refractivity contribution < 1.29 is 4.79 Å². The number of amides is 1. The summed E-state index contributed by atoms with van der Waals surface area (Å²) < 4.78 is 0. The Morgan fingerprint density at radius 1 is 1.06 bits per heavy atom. The molecule has 1 amide bonds. The maximum atomic E-state index is 11.2. The van der Waals surface area contributed by atoms with Gasteiger partial charge in [0.05, 0.1) is 5.25 Å². The average molecular weight is 245 g/mol. The van der Waals surface area contributed by atoms with Gasteiger partial charge in [-0.05, 0) is 13.3 Å². The van der Waals surface area contributed by atoms with Crippen molar-refractivity contribution in [3.63, 3.8) is 0 Å². The van der Waals surface area contributed by atoms with E-state index in [0.29, 0.717) is 0 Å². The molecule has 3 heteroatoms. The molecule has 0 fully saturated rings. The molecule has 0 radical (unpaired) electrons. The van der Waals surface area contributed by atoms with Crippen LogP contribution in [-0.2, 0) is 4.79 Å². The molecule has 1 unspecified atom stereocenters. The first-order valence-corrected chi connectivity index (χ1v) is 7.16. The van der Waals surface area contributed by atoms with Crippen LogP contribution in [0.25, 0.3) is 0 Å². The van der Waals surface area contributed by atoms with Crippen molar-refractivity contribution in [2.45, 2.75) is 70.5 Å². The molecule has 0 saturated heterocycles. The highest BCUT2D eigenvalue weighted by Crippen LogP contribution is 2.07. The Kier molecular flexibility index (Phi) is 11.2. The highest BCUT2D eigenvalue weighted by atomic mass is 32.1. The second-order valence-corrected chi connectivity index (χ2v) is 5.22. The topological polar surface area (TPSA) is 29.1 Å². The summed E-state index contributed by atoms with van der Waals surface area (Å²) in [7, 11) is 0. The van der Waals surface area contributed by atoms with Crippen molar-refractivity contribution in [2.75, 3.05) is 6.54 Å². The molecular weight excluding hydrogens is 218 g/mol. The standard InChI is InChI=1S/C13H27NOS/c1-3-4-5-6-7-8-9-10-11-14-13(15)12(2)16/h12,16H,3-11H2,1-2H3,(H,14,15). The number of unbranched alkanes of at least 4 members (excludes halogenated alkanes) is 7. The normalized spacial score (nSPS) is 12.4. The number of carbonyl (C=O) groups is 1. The Morgan fingerprint density at radius 3 is 2.06 bits per heavy atom. The summed E-state index contributed by atoms with van der Waals surface area (Å²) in [6.07, 6.45) is 10.4. The first-order valence-electron chi connectivity index (χ1n) is 6.64. The molecule has 0 aliphatic rings. The molecule has 2 nitrogen and oxygen atoms in total. The Morgan fingerprint density at radius 2 is 1.56 bits per heavy atom. The van der Waals surface area contributed by atoms with Crippen LogP contribution < -0.4 is 5.32 Å². The van der Waals surface area contributed by atoms with Gasteiger partial charge in [0, 0.05) is 6.54 Å². The number of hydrogen-bond acceptors (Lipinski definition) is 2. The smallest absolute Gasteiger partial charge is 0.232 e. The summed E-state index contributed by atoms with van der Waals surface area (Å²) in [5.41, 5.74) is 0. The highest BCUT2D eigenvalue weighted by Gasteiger charge is 2.05. The molecule has 0 rings (SSSR count). The van der Waals surface area contributed by atoms with Crippen molar-refractivity contribution in [1.82, 2.24) is 5.32 Å². The number of rotatable bonds is 10. The van der Waals surface area contributed by atoms with Crippen LogP contribution in [0.3, 0.4) is 0 Å². The van der Waals surface area contributed by atoms with E-state index < -0.39 is 0 Å². The van der Waals surface area contributed by atoms with Gasteiger partial charge < -0.3 is 5.32 Å². The van der Waals surface area contributed by atoms with E-state index in [0.717, 1.165) is 13.0 Å². The quantitative estimate of drug-likeness (QED) is 0.447. The molecule has 0 aromatic carbocycles. The van der Waals surface area contributed by atoms with E-state index >= 15 is 0 Å². The second kappa shape index (κ2) is 11.3. The molecule has 0 aromatic rings. The molecular formula is C13H27NOS. The predicted molar refractivity (Wildman–Crippen MR) is 74.1 cm³/mol. The van der Waals surface area contributed by atoms with Crippen LogP contribution >= 0.6 is 12.6 Å². The van der Waals surface area contributed by atoms with Gasteiger partial charge >= 0.3 is 0 Å². The number of carbonyl (C=O) groups excluding carboxylic acids is 1. The van der Waals surface area contributed by atoms with Crippen LogP contribution in [0.1, 0.15) is 65.2 Å². The summed E-state index contributed by atoms with van der Waals surface area (Å²) in [4.78, 5) is 11.2. The van der Waals surface area contributed by atoms with Gasteiger partial charge in [-0.25, -0.2) is 0 Å². The van der Waals surface area contributed by atoms with Crippen LogP contribution in [0.15, 0.2) is 0 Å². The largest absolute Gasteiger partial charge is 0.355 e. The van der Waals surface area contributed by atoms with Crippen LogP contribution in [0.5, 0.6) is 0 Å². The third kappa shape index (κ3) is 10.3. The number of thiol groups is 1. The zero-order valence-electron chi connectivity index (χ0n) is 10.8. The third-order valence-corrected chi connectivity index (χ3v) is 2.94. The van der Waals surface area contributed by atoms with Crippen molar-refractivity contribution in [3.05, 3.63) is 0 Å². The van der Waals surface area contributed by atoms with Gasteiger partial charge in [-0.15, -0.1) is 0 Å². The van der Waals surface area contributed by atoms with Gasteiger partial charge in [-0.2, -0.15) is 12.6 Å². The Bertz CT molecular complexity index is 171. The molecule has 16 heavy (non-hydrogen) atoms. The Hall–Kier alpha value is -0.180. The minimum atomic E-state index is -0.186. The van der Waals surface area contributed by atoms with Crippen molar-refractivity contribution in [2.24, 2.45) is 0 Å². The zero-order chi connectivity index (χ0) is 12.2. The van der Waals surface area contributed by atoms with Crippen LogP contribution in [0, 0.1) is 0 Å². The second-order valence-electron chi connectivity index (χ2n) is 4.44. The minimum absolute atomic E-state index is 0.0475. The van der Waals surface area contributed by atoms with E-state index in [1.54, 1.807) is 6.92 Å². The van der Waals surface area contributed by atoms with Crippen LogP contribution in [0.2, 0.25) is 0 Å². The molecule has 1 N–H and O–H groups in total. The number of nitrogens with one attached hydrogen (secondary N) is 1. The van der Waals surface area contributed by atoms with Gasteiger partial charge in [0.2, 0.25) is 5.91 Å². The van der Waals surface area contributed by atoms with Crippen LogP contribution in [0.4, 0.5) is 0 Å². The molecule has 1 atom stereocenters. The fraction of sp³-hybridized carbons (Fsp3) is 0.923. The van der Waals surface area contributed by atoms with Gasteiger partial charge in [0.1, 0.15) is 0 Å². The van der Waals surface area contributed by atoms with E-state index in [1.807, 2.05) is 0 Å². The van der Waals surface area contributed by atoms with Crippen molar-refractivity contribution in [1.29, 1.82) is 0 Å². The van der Waals surface area contributed by atoms with Gasteiger partial charge in [0.15, 0.2) is 0 Å². The summed E-state index contributed by atoms with van der Waals surface area (Å²) in [6, 6.07) is 0.